The van der Waals surface area contributed by atoms with Gasteiger partial charge in [-0.05, 0) is 38.5 Å². The van der Waals surface area contributed by atoms with Crippen molar-refractivity contribution in [1.29, 1.82) is 0 Å². The molecule has 3 heterocycles. The number of hydrogen-bond acceptors (Lipinski definition) is 7. The Morgan fingerprint density at radius 3 is 2.70 bits per heavy atom. The minimum atomic E-state index is -4.22. The van der Waals surface area contributed by atoms with Crippen molar-refractivity contribution in [3.63, 3.8) is 0 Å². The standard InChI is InChI=1S/C23H31F5N6O2S/c1-33-29-13-16(32-33)12-19(35)30-15-2-6-22(26,7-3-15)8-11-34-9-4-17-18(5-10-34)37-21(31-17)36-14-23(27,28)20(24)25/h13,15,20H,2-12,14H2,1H3,(H,30,35). The van der Waals surface area contributed by atoms with Gasteiger partial charge in [-0.15, -0.1) is 0 Å². The summed E-state index contributed by atoms with van der Waals surface area (Å²) in [5.41, 5.74) is 0.0311. The molecule has 4 rings (SSSR count). The largest absolute Gasteiger partial charge is 0.463 e. The molecule has 0 spiro atoms. The van der Waals surface area contributed by atoms with Gasteiger partial charge in [-0.1, -0.05) is 11.3 Å². The summed E-state index contributed by atoms with van der Waals surface area (Å²) in [5, 5.41) is 11.0. The van der Waals surface area contributed by atoms with Crippen molar-refractivity contribution in [3.05, 3.63) is 22.5 Å². The van der Waals surface area contributed by atoms with Gasteiger partial charge < -0.3 is 15.0 Å². The fourth-order valence-electron chi connectivity index (χ4n) is 4.69. The summed E-state index contributed by atoms with van der Waals surface area (Å²) >= 11 is 1.10. The number of carbonyl (C=O) groups is 1. The van der Waals surface area contributed by atoms with E-state index in [0.717, 1.165) is 21.9 Å². The first kappa shape index (κ1) is 27.7. The highest BCUT2D eigenvalue weighted by atomic mass is 32.1. The van der Waals surface area contributed by atoms with Crippen LogP contribution in [0.3, 0.4) is 0 Å². The molecule has 206 valence electrons. The molecule has 37 heavy (non-hydrogen) atoms. The van der Waals surface area contributed by atoms with Crippen LogP contribution in [0, 0.1) is 0 Å². The molecule has 0 radical (unpaired) electrons. The maximum atomic E-state index is 15.5. The van der Waals surface area contributed by atoms with Gasteiger partial charge in [-0.3, -0.25) is 4.79 Å². The van der Waals surface area contributed by atoms with Gasteiger partial charge in [0.1, 0.15) is 5.67 Å². The van der Waals surface area contributed by atoms with Crippen LogP contribution in [-0.2, 0) is 31.1 Å². The van der Waals surface area contributed by atoms with Crippen LogP contribution in [-0.4, -0.2) is 81.1 Å². The van der Waals surface area contributed by atoms with Crippen LogP contribution in [0.1, 0.15) is 48.4 Å². The quantitative estimate of drug-likeness (QED) is 0.457. The predicted octanol–water partition coefficient (Wildman–Crippen LogP) is 3.35. The van der Waals surface area contributed by atoms with Gasteiger partial charge in [0.05, 0.1) is 24.0 Å². The minimum absolute atomic E-state index is 0.0259. The number of nitrogens with one attached hydrogen (secondary N) is 1. The summed E-state index contributed by atoms with van der Waals surface area (Å²) in [4.78, 5) is 20.9. The van der Waals surface area contributed by atoms with Crippen LogP contribution in [0.15, 0.2) is 6.20 Å². The smallest absolute Gasteiger partial charge is 0.340 e. The average molecular weight is 551 g/mol. The molecule has 1 fully saturated rings. The molecule has 0 aromatic carbocycles. The number of fused-ring (bicyclic) bond motifs is 1. The lowest BCUT2D eigenvalue weighted by molar-refractivity contribution is -0.148. The molecule has 1 amide bonds. The van der Waals surface area contributed by atoms with Crippen LogP contribution in [0.2, 0.25) is 0 Å². The summed E-state index contributed by atoms with van der Waals surface area (Å²) in [7, 11) is 1.69. The van der Waals surface area contributed by atoms with Gasteiger partial charge in [0.25, 0.3) is 5.19 Å². The molecular formula is C23H31F5N6O2S. The molecule has 1 N–H and O–H groups in total. The zero-order chi connectivity index (χ0) is 26.6. The van der Waals surface area contributed by atoms with E-state index in [4.69, 9.17) is 4.74 Å². The Hall–Kier alpha value is -2.35. The van der Waals surface area contributed by atoms with E-state index in [1.807, 2.05) is 0 Å². The van der Waals surface area contributed by atoms with E-state index in [0.29, 0.717) is 70.3 Å². The third-order valence-corrected chi connectivity index (χ3v) is 7.97. The van der Waals surface area contributed by atoms with Crippen LogP contribution in [0.25, 0.3) is 0 Å². The van der Waals surface area contributed by atoms with Crippen molar-refractivity contribution in [2.75, 3.05) is 26.2 Å². The lowest BCUT2D eigenvalue weighted by Gasteiger charge is -2.35. The Morgan fingerprint density at radius 1 is 1.30 bits per heavy atom. The second-order valence-electron chi connectivity index (χ2n) is 9.79. The number of ether oxygens (including phenoxy) is 1. The molecular weight excluding hydrogens is 519 g/mol. The molecule has 0 unspecified atom stereocenters. The molecule has 1 aliphatic carbocycles. The highest BCUT2D eigenvalue weighted by Crippen LogP contribution is 2.36. The lowest BCUT2D eigenvalue weighted by Crippen LogP contribution is -2.43. The van der Waals surface area contributed by atoms with Crippen molar-refractivity contribution in [3.8, 4) is 5.19 Å². The summed E-state index contributed by atoms with van der Waals surface area (Å²) in [6.45, 7) is 0.479. The van der Waals surface area contributed by atoms with E-state index < -0.39 is 24.6 Å². The molecule has 2 aromatic heterocycles. The first-order valence-corrected chi connectivity index (χ1v) is 13.2. The molecule has 0 saturated heterocycles. The number of rotatable bonds is 10. The number of carbonyl (C=O) groups excluding carboxylic acids is 1. The summed E-state index contributed by atoms with van der Waals surface area (Å²) in [6, 6.07) is -0.0506. The lowest BCUT2D eigenvalue weighted by atomic mass is 9.81. The number of nitrogens with zero attached hydrogens (tertiary/aromatic N) is 5. The molecule has 8 nitrogen and oxygen atoms in total. The maximum absolute atomic E-state index is 15.5. The Balaban J connectivity index is 1.17. The van der Waals surface area contributed by atoms with Gasteiger partial charge in [0.15, 0.2) is 6.61 Å². The molecule has 14 heteroatoms. The molecule has 0 bridgehead atoms. The van der Waals surface area contributed by atoms with Crippen molar-refractivity contribution in [2.24, 2.45) is 7.05 Å². The summed E-state index contributed by atoms with van der Waals surface area (Å²) in [6.07, 6.45) is 1.40. The predicted molar refractivity (Wildman–Crippen MR) is 126 cm³/mol. The number of aryl methyl sites for hydroxylation is 1. The van der Waals surface area contributed by atoms with Crippen LogP contribution in [0.4, 0.5) is 22.0 Å². The third-order valence-electron chi connectivity index (χ3n) is 6.90. The highest BCUT2D eigenvalue weighted by molar-refractivity contribution is 7.13. The van der Waals surface area contributed by atoms with E-state index >= 15 is 4.39 Å². The molecule has 2 aliphatic rings. The first-order valence-electron chi connectivity index (χ1n) is 12.3. The zero-order valence-electron chi connectivity index (χ0n) is 20.6. The Bertz CT molecular complexity index is 1030. The molecule has 2 aromatic rings. The van der Waals surface area contributed by atoms with Gasteiger partial charge in [0.2, 0.25) is 5.91 Å². The van der Waals surface area contributed by atoms with E-state index in [2.05, 4.69) is 25.4 Å². The van der Waals surface area contributed by atoms with Crippen molar-refractivity contribution in [2.45, 2.75) is 75.4 Å². The highest BCUT2D eigenvalue weighted by Gasteiger charge is 2.42. The van der Waals surface area contributed by atoms with Crippen molar-refractivity contribution in [1.82, 2.24) is 30.2 Å². The zero-order valence-corrected chi connectivity index (χ0v) is 21.4. The number of amides is 1. The number of halogens is 5. The minimum Gasteiger partial charge on any atom is -0.463 e. The monoisotopic (exact) mass is 550 g/mol. The summed E-state index contributed by atoms with van der Waals surface area (Å²) < 4.78 is 71.2. The SMILES string of the molecule is Cn1ncc(CC(=O)NC2CCC(F)(CCN3CCc4nc(OCC(F)(F)C(F)F)sc4CC3)CC2)n1. The number of aromatic nitrogens is 4. The Kier molecular flexibility index (Phi) is 8.66. The normalized spacial score (nSPS) is 23.1. The number of thiazole rings is 1. The van der Waals surface area contributed by atoms with Crippen molar-refractivity contribution >= 4 is 17.2 Å². The fourth-order valence-corrected chi connectivity index (χ4v) is 5.64. The number of hydrogen-bond donors (Lipinski definition) is 1. The second kappa shape index (κ2) is 11.6. The van der Waals surface area contributed by atoms with Gasteiger partial charge >= 0.3 is 12.3 Å². The van der Waals surface area contributed by atoms with Gasteiger partial charge in [-0.25, -0.2) is 18.2 Å². The van der Waals surface area contributed by atoms with E-state index in [1.165, 1.54) is 4.80 Å². The fraction of sp³-hybridized carbons (Fsp3) is 0.739. The average Bonchev–Trinajstić information content (AvgIpc) is 3.38. The maximum Gasteiger partial charge on any atom is 0.340 e. The van der Waals surface area contributed by atoms with Gasteiger partial charge in [0, 0.05) is 44.0 Å². The number of alkyl halides is 5. The van der Waals surface area contributed by atoms with Crippen LogP contribution in [0.5, 0.6) is 5.19 Å². The second-order valence-corrected chi connectivity index (χ2v) is 10.8. The van der Waals surface area contributed by atoms with Crippen LogP contribution >= 0.6 is 11.3 Å². The molecule has 0 atom stereocenters. The molecule has 1 aliphatic heterocycles. The summed E-state index contributed by atoms with van der Waals surface area (Å²) in [5.74, 6) is -4.36. The first-order chi connectivity index (χ1) is 17.5. The van der Waals surface area contributed by atoms with E-state index in [-0.39, 0.29) is 23.6 Å². The Morgan fingerprint density at radius 2 is 2.03 bits per heavy atom. The van der Waals surface area contributed by atoms with E-state index in [1.54, 1.807) is 13.2 Å². The topological polar surface area (TPSA) is 85.2 Å². The van der Waals surface area contributed by atoms with E-state index in [9.17, 15) is 22.4 Å². The molecule has 1 saturated carbocycles. The Labute approximate surface area is 215 Å². The van der Waals surface area contributed by atoms with Crippen molar-refractivity contribution < 1.29 is 31.5 Å². The van der Waals surface area contributed by atoms with Crippen LogP contribution < -0.4 is 10.1 Å². The third kappa shape index (κ3) is 7.59. The van der Waals surface area contributed by atoms with Gasteiger partial charge in [-0.2, -0.15) is 23.8 Å².